The number of esters is 1. The molecule has 0 spiro atoms. The van der Waals surface area contributed by atoms with Crippen LogP contribution in [0.5, 0.6) is 0 Å². The average Bonchev–Trinajstić information content (AvgIpc) is 3.47. The first kappa shape index (κ1) is 35.5. The van der Waals surface area contributed by atoms with Gasteiger partial charge in [0.05, 0.1) is 30.6 Å². The molecule has 260 valence electrons. The van der Waals surface area contributed by atoms with E-state index in [1.807, 2.05) is 20.8 Å². The molecule has 3 heterocycles. The Bertz CT molecular complexity index is 1040. The standard InChI is InChI=1S/C37H63N5O4/c1-4-45-37(44)34-27(3)46-26(2)22-31(34)39-36(43)35-30(28-18-14-10-7-5-6-8-11-15-19-28)23-33(40-41-35)42-25-38-24-32(42)29-20-16-12-9-13-17-21-29/h12,16,26-30,32-33,35,38,40-41H,4-11,13-15,17-25H2,1-3H3,(H,39,43)/b16-12-/t26-,27+,29?,30?,32?,33?,35?/m1/s1. The molecule has 5 unspecified atom stereocenters. The van der Waals surface area contributed by atoms with Crippen LogP contribution in [0.2, 0.25) is 0 Å². The minimum Gasteiger partial charge on any atom is -0.463 e. The van der Waals surface area contributed by atoms with E-state index >= 15 is 0 Å². The van der Waals surface area contributed by atoms with Gasteiger partial charge in [0, 0.05) is 31.4 Å². The Kier molecular flexibility index (Phi) is 14.0. The maximum absolute atomic E-state index is 14.3. The summed E-state index contributed by atoms with van der Waals surface area (Å²) in [4.78, 5) is 30.0. The molecule has 46 heavy (non-hydrogen) atoms. The van der Waals surface area contributed by atoms with Crippen LogP contribution in [0.4, 0.5) is 0 Å². The Labute approximate surface area is 278 Å². The van der Waals surface area contributed by atoms with Crippen LogP contribution in [0.15, 0.2) is 23.4 Å². The third kappa shape index (κ3) is 9.43. The maximum Gasteiger partial charge on any atom is 0.338 e. The highest BCUT2D eigenvalue weighted by Crippen LogP contribution is 2.37. The summed E-state index contributed by atoms with van der Waals surface area (Å²) >= 11 is 0. The Hall–Kier alpha value is -1.78. The molecule has 2 aliphatic carbocycles. The number of nitrogens with zero attached hydrogens (tertiary/aromatic N) is 1. The molecule has 9 heteroatoms. The van der Waals surface area contributed by atoms with Crippen molar-refractivity contribution in [3.05, 3.63) is 23.4 Å². The molecule has 7 atom stereocenters. The molecule has 0 aromatic rings. The number of nitrogens with one attached hydrogen (secondary N) is 4. The monoisotopic (exact) mass is 641 g/mol. The van der Waals surface area contributed by atoms with Gasteiger partial charge in [0.1, 0.15) is 6.04 Å². The van der Waals surface area contributed by atoms with E-state index in [9.17, 15) is 9.59 Å². The van der Waals surface area contributed by atoms with Crippen molar-refractivity contribution >= 4 is 11.9 Å². The van der Waals surface area contributed by atoms with Gasteiger partial charge in [-0.3, -0.25) is 9.69 Å². The predicted molar refractivity (Wildman–Crippen MR) is 182 cm³/mol. The molecule has 3 aliphatic heterocycles. The van der Waals surface area contributed by atoms with E-state index in [0.29, 0.717) is 35.6 Å². The smallest absolute Gasteiger partial charge is 0.338 e. The predicted octanol–water partition coefficient (Wildman–Crippen LogP) is 5.82. The van der Waals surface area contributed by atoms with Crippen molar-refractivity contribution < 1.29 is 19.1 Å². The molecule has 1 saturated carbocycles. The number of hydrazine groups is 1. The van der Waals surface area contributed by atoms with Crippen LogP contribution in [0.1, 0.15) is 130 Å². The van der Waals surface area contributed by atoms with E-state index in [2.05, 4.69) is 38.5 Å². The second kappa shape index (κ2) is 18.1. The van der Waals surface area contributed by atoms with Crippen LogP contribution < -0.4 is 21.5 Å². The van der Waals surface area contributed by atoms with Gasteiger partial charge in [-0.1, -0.05) is 82.8 Å². The summed E-state index contributed by atoms with van der Waals surface area (Å²) < 4.78 is 11.4. The summed E-state index contributed by atoms with van der Waals surface area (Å²) in [6.45, 7) is 7.86. The van der Waals surface area contributed by atoms with Gasteiger partial charge in [-0.05, 0) is 70.6 Å². The lowest BCUT2D eigenvalue weighted by atomic mass is 9.75. The Balaban J connectivity index is 1.37. The molecule has 0 bridgehead atoms. The zero-order valence-electron chi connectivity index (χ0n) is 29.0. The first-order valence-electron chi connectivity index (χ1n) is 18.9. The third-order valence-corrected chi connectivity index (χ3v) is 11.4. The number of ether oxygens (including phenoxy) is 2. The van der Waals surface area contributed by atoms with Crippen molar-refractivity contribution in [2.24, 2.45) is 17.8 Å². The fourth-order valence-electron chi connectivity index (χ4n) is 8.96. The Morgan fingerprint density at radius 1 is 0.935 bits per heavy atom. The van der Waals surface area contributed by atoms with Crippen molar-refractivity contribution in [2.75, 3.05) is 19.8 Å². The summed E-state index contributed by atoms with van der Waals surface area (Å²) in [7, 11) is 0. The zero-order chi connectivity index (χ0) is 32.3. The van der Waals surface area contributed by atoms with Crippen LogP contribution in [-0.4, -0.2) is 67.1 Å². The first-order chi connectivity index (χ1) is 22.5. The van der Waals surface area contributed by atoms with Crippen LogP contribution in [-0.2, 0) is 19.1 Å². The lowest BCUT2D eigenvalue weighted by molar-refractivity contribution is -0.141. The number of carbonyl (C=O) groups is 2. The summed E-state index contributed by atoms with van der Waals surface area (Å²) in [5, 5.41) is 6.95. The second-order valence-electron chi connectivity index (χ2n) is 14.7. The van der Waals surface area contributed by atoms with E-state index in [1.165, 1.54) is 89.9 Å². The van der Waals surface area contributed by atoms with Crippen molar-refractivity contribution in [1.29, 1.82) is 0 Å². The molecule has 5 rings (SSSR count). The van der Waals surface area contributed by atoms with E-state index in [1.54, 1.807) is 0 Å². The molecule has 0 aromatic heterocycles. The van der Waals surface area contributed by atoms with Gasteiger partial charge in [0.2, 0.25) is 5.91 Å². The summed E-state index contributed by atoms with van der Waals surface area (Å²) in [5.41, 5.74) is 8.33. The lowest BCUT2D eigenvalue weighted by Gasteiger charge is -2.46. The van der Waals surface area contributed by atoms with E-state index in [-0.39, 0.29) is 36.7 Å². The number of rotatable bonds is 7. The molecular formula is C37H63N5O4. The SMILES string of the molecule is CCOC(=O)C1=C(NC(=O)C2NNC(N3CNCC3C3C/C=C\CCCC3)CC2C2CCCCCCCCCC2)C[C@@H](C)O[C@H]1C. The Morgan fingerprint density at radius 3 is 2.37 bits per heavy atom. The van der Waals surface area contributed by atoms with E-state index in [0.717, 1.165) is 26.1 Å². The lowest BCUT2D eigenvalue weighted by Crippen LogP contribution is -2.67. The minimum absolute atomic E-state index is 0.0513. The maximum atomic E-state index is 14.3. The Morgan fingerprint density at radius 2 is 1.63 bits per heavy atom. The normalized spacial score (nSPS) is 35.4. The van der Waals surface area contributed by atoms with Gasteiger partial charge in [-0.25, -0.2) is 15.6 Å². The van der Waals surface area contributed by atoms with Crippen molar-refractivity contribution in [1.82, 2.24) is 26.4 Å². The van der Waals surface area contributed by atoms with Crippen molar-refractivity contribution in [3.63, 3.8) is 0 Å². The topological polar surface area (TPSA) is 104 Å². The molecule has 9 nitrogen and oxygen atoms in total. The molecular weight excluding hydrogens is 578 g/mol. The van der Waals surface area contributed by atoms with Crippen molar-refractivity contribution in [3.8, 4) is 0 Å². The molecule has 0 radical (unpaired) electrons. The molecule has 1 amide bonds. The van der Waals surface area contributed by atoms with Gasteiger partial charge in [-0.15, -0.1) is 0 Å². The quantitative estimate of drug-likeness (QED) is 0.204. The summed E-state index contributed by atoms with van der Waals surface area (Å²) in [5.74, 6) is 0.881. The van der Waals surface area contributed by atoms with Gasteiger partial charge < -0.3 is 20.1 Å². The second-order valence-corrected chi connectivity index (χ2v) is 14.7. The number of hydrogen-bond acceptors (Lipinski definition) is 8. The van der Waals surface area contributed by atoms with Gasteiger partial charge in [-0.2, -0.15) is 0 Å². The highest BCUT2D eigenvalue weighted by atomic mass is 16.5. The molecule has 3 fully saturated rings. The van der Waals surface area contributed by atoms with Crippen LogP contribution in [0.3, 0.4) is 0 Å². The van der Waals surface area contributed by atoms with Gasteiger partial charge in [0.15, 0.2) is 0 Å². The highest BCUT2D eigenvalue weighted by molar-refractivity contribution is 5.92. The highest BCUT2D eigenvalue weighted by Gasteiger charge is 2.44. The van der Waals surface area contributed by atoms with Gasteiger partial charge >= 0.3 is 5.97 Å². The molecule has 0 aromatic carbocycles. The molecule has 5 aliphatic rings. The van der Waals surface area contributed by atoms with Gasteiger partial charge in [0.25, 0.3) is 0 Å². The largest absolute Gasteiger partial charge is 0.463 e. The number of allylic oxidation sites excluding steroid dienone is 2. The van der Waals surface area contributed by atoms with E-state index in [4.69, 9.17) is 9.47 Å². The zero-order valence-corrected chi connectivity index (χ0v) is 29.0. The van der Waals surface area contributed by atoms with Crippen LogP contribution in [0.25, 0.3) is 0 Å². The summed E-state index contributed by atoms with van der Waals surface area (Å²) in [6.07, 6.45) is 24.8. The third-order valence-electron chi connectivity index (χ3n) is 11.4. The van der Waals surface area contributed by atoms with E-state index < -0.39 is 12.1 Å². The van der Waals surface area contributed by atoms with Crippen molar-refractivity contribution in [2.45, 2.75) is 160 Å². The number of amides is 1. The van der Waals surface area contributed by atoms with Crippen LogP contribution >= 0.6 is 0 Å². The fraction of sp³-hybridized carbons (Fsp3) is 0.838. The fourth-order valence-corrected chi connectivity index (χ4v) is 8.96. The first-order valence-corrected chi connectivity index (χ1v) is 18.9. The minimum atomic E-state index is -0.430. The molecule has 4 N–H and O–H groups in total. The average molecular weight is 642 g/mol. The van der Waals surface area contributed by atoms with Crippen LogP contribution in [0, 0.1) is 17.8 Å². The summed E-state index contributed by atoms with van der Waals surface area (Å²) in [6, 6.07) is 0.109. The number of carbonyl (C=O) groups excluding carboxylic acids is 2. The number of hydrogen-bond donors (Lipinski definition) is 4. The molecule has 2 saturated heterocycles.